The number of benzene rings is 1. The van der Waals surface area contributed by atoms with Crippen LogP contribution in [0, 0.1) is 17.2 Å². The molecule has 0 unspecified atom stereocenters. The Labute approximate surface area is 147 Å². The van der Waals surface area contributed by atoms with Gasteiger partial charge in [-0.15, -0.1) is 11.3 Å². The number of anilines is 1. The van der Waals surface area contributed by atoms with Crippen LogP contribution in [-0.4, -0.2) is 14.7 Å². The number of rotatable bonds is 2. The van der Waals surface area contributed by atoms with Crippen LogP contribution in [0.3, 0.4) is 0 Å². The van der Waals surface area contributed by atoms with Crippen LogP contribution in [0.1, 0.15) is 39.7 Å². The van der Waals surface area contributed by atoms with E-state index in [1.165, 1.54) is 16.2 Å². The van der Waals surface area contributed by atoms with Crippen molar-refractivity contribution in [3.05, 3.63) is 39.8 Å². The average Bonchev–Trinajstić information content (AvgIpc) is 3.17. The number of fused-ring (bicyclic) bond motifs is 2. The summed E-state index contributed by atoms with van der Waals surface area (Å²) in [7, 11) is 0. The highest BCUT2D eigenvalue weighted by atomic mass is 32.1. The summed E-state index contributed by atoms with van der Waals surface area (Å²) in [6.07, 6.45) is 3.00. The van der Waals surface area contributed by atoms with E-state index in [4.69, 9.17) is 0 Å². The lowest BCUT2D eigenvalue weighted by molar-refractivity contribution is 0.102. The van der Waals surface area contributed by atoms with E-state index in [1.54, 1.807) is 18.2 Å². The second-order valence-corrected chi connectivity index (χ2v) is 7.72. The maximum Gasteiger partial charge on any atom is 0.256 e. The van der Waals surface area contributed by atoms with E-state index in [2.05, 4.69) is 27.1 Å². The van der Waals surface area contributed by atoms with Crippen molar-refractivity contribution in [2.75, 3.05) is 5.32 Å². The Morgan fingerprint density at radius 1 is 1.38 bits per heavy atom. The van der Waals surface area contributed by atoms with Crippen molar-refractivity contribution in [2.24, 2.45) is 5.92 Å². The van der Waals surface area contributed by atoms with Crippen molar-refractivity contribution < 1.29 is 4.79 Å². The molecule has 0 saturated carbocycles. The molecule has 120 valence electrons. The largest absolute Gasteiger partial charge is 0.312 e. The standard InChI is InChI=1S/C17H14N4OS2/c1-9-2-4-11-12(8-18)17(23-15(11)6-9)19-16(22)10-3-5-13-14(7-10)21-24-20-13/h3,5,7,9H,2,4,6H2,1H3,(H,19,22)/t9-/m1/s1. The van der Waals surface area contributed by atoms with Gasteiger partial charge in [-0.1, -0.05) is 6.92 Å². The molecule has 3 aromatic rings. The SMILES string of the molecule is C[C@@H]1CCc2c(sc(NC(=O)c3ccc4nsnc4c3)c2C#N)C1. The second-order valence-electron chi connectivity index (χ2n) is 6.09. The second kappa shape index (κ2) is 5.96. The molecule has 1 N–H and O–H groups in total. The van der Waals surface area contributed by atoms with E-state index in [0.717, 1.165) is 42.1 Å². The van der Waals surface area contributed by atoms with Crippen molar-refractivity contribution in [1.82, 2.24) is 8.75 Å². The summed E-state index contributed by atoms with van der Waals surface area (Å²) >= 11 is 2.67. The van der Waals surface area contributed by atoms with Crippen molar-refractivity contribution in [3.63, 3.8) is 0 Å². The number of nitrogens with zero attached hydrogens (tertiary/aromatic N) is 3. The lowest BCUT2D eigenvalue weighted by Gasteiger charge is -2.17. The van der Waals surface area contributed by atoms with Gasteiger partial charge in [-0.3, -0.25) is 4.79 Å². The Bertz CT molecular complexity index is 982. The zero-order chi connectivity index (χ0) is 16.7. The maximum atomic E-state index is 12.6. The molecule has 0 spiro atoms. The van der Waals surface area contributed by atoms with Gasteiger partial charge in [0.25, 0.3) is 5.91 Å². The molecular weight excluding hydrogens is 340 g/mol. The van der Waals surface area contributed by atoms with Crippen molar-refractivity contribution in [3.8, 4) is 6.07 Å². The minimum absolute atomic E-state index is 0.215. The summed E-state index contributed by atoms with van der Waals surface area (Å²) in [5.74, 6) is 0.416. The van der Waals surface area contributed by atoms with Gasteiger partial charge < -0.3 is 5.32 Å². The first kappa shape index (κ1) is 15.2. The minimum Gasteiger partial charge on any atom is -0.312 e. The third-order valence-electron chi connectivity index (χ3n) is 4.37. The molecule has 1 atom stereocenters. The first-order chi connectivity index (χ1) is 11.7. The molecule has 1 aromatic carbocycles. The molecule has 0 aliphatic heterocycles. The number of carbonyl (C=O) groups excluding carboxylic acids is 1. The molecule has 0 bridgehead atoms. The van der Waals surface area contributed by atoms with Gasteiger partial charge >= 0.3 is 0 Å². The molecule has 5 nitrogen and oxygen atoms in total. The fraction of sp³-hybridized carbons (Fsp3) is 0.294. The molecule has 0 radical (unpaired) electrons. The van der Waals surface area contributed by atoms with Crippen LogP contribution in [0.5, 0.6) is 0 Å². The summed E-state index contributed by atoms with van der Waals surface area (Å²) < 4.78 is 8.30. The molecule has 2 aromatic heterocycles. The summed E-state index contributed by atoms with van der Waals surface area (Å²) in [6.45, 7) is 2.23. The van der Waals surface area contributed by atoms with Gasteiger partial charge in [0.1, 0.15) is 22.1 Å². The van der Waals surface area contributed by atoms with E-state index in [-0.39, 0.29) is 5.91 Å². The fourth-order valence-corrected chi connectivity index (χ4v) is 4.93. The highest BCUT2D eigenvalue weighted by molar-refractivity contribution is 7.16. The average molecular weight is 354 g/mol. The van der Waals surface area contributed by atoms with Crippen LogP contribution in [-0.2, 0) is 12.8 Å². The number of nitriles is 1. The Morgan fingerprint density at radius 2 is 2.21 bits per heavy atom. The third kappa shape index (κ3) is 2.58. The first-order valence-electron chi connectivity index (χ1n) is 7.74. The fourth-order valence-electron chi connectivity index (χ4n) is 3.06. The Hall–Kier alpha value is -2.30. The molecule has 2 heterocycles. The number of hydrogen-bond donors (Lipinski definition) is 1. The van der Waals surface area contributed by atoms with Crippen molar-refractivity contribution in [1.29, 1.82) is 5.26 Å². The Kier molecular flexibility index (Phi) is 3.79. The molecular formula is C17H14N4OS2. The van der Waals surface area contributed by atoms with Gasteiger partial charge in [0.2, 0.25) is 0 Å². The molecule has 0 fully saturated rings. The lowest BCUT2D eigenvalue weighted by atomic mass is 9.88. The van der Waals surface area contributed by atoms with Gasteiger partial charge in [-0.25, -0.2) is 0 Å². The van der Waals surface area contributed by atoms with Gasteiger partial charge in [-0.2, -0.15) is 14.0 Å². The zero-order valence-electron chi connectivity index (χ0n) is 13.0. The predicted molar refractivity (Wildman–Crippen MR) is 95.6 cm³/mol. The smallest absolute Gasteiger partial charge is 0.256 e. The van der Waals surface area contributed by atoms with Crippen LogP contribution < -0.4 is 5.32 Å². The Balaban J connectivity index is 1.65. The predicted octanol–water partition coefficient (Wildman–Crippen LogP) is 4.00. The molecule has 1 aliphatic carbocycles. The number of hydrogen-bond acceptors (Lipinski definition) is 6. The minimum atomic E-state index is -0.215. The van der Waals surface area contributed by atoms with Crippen LogP contribution in [0.2, 0.25) is 0 Å². The summed E-state index contributed by atoms with van der Waals surface area (Å²) in [5, 5.41) is 13.1. The highest BCUT2D eigenvalue weighted by Crippen LogP contribution is 2.39. The number of carbonyl (C=O) groups is 1. The third-order valence-corrected chi connectivity index (χ3v) is 6.09. The summed E-state index contributed by atoms with van der Waals surface area (Å²) in [5.41, 5.74) is 3.78. The van der Waals surface area contributed by atoms with E-state index < -0.39 is 0 Å². The maximum absolute atomic E-state index is 12.6. The van der Waals surface area contributed by atoms with E-state index in [9.17, 15) is 10.1 Å². The molecule has 1 amide bonds. The van der Waals surface area contributed by atoms with Crippen LogP contribution in [0.15, 0.2) is 18.2 Å². The van der Waals surface area contributed by atoms with Gasteiger partial charge in [0.05, 0.1) is 17.3 Å². The quantitative estimate of drug-likeness (QED) is 0.754. The van der Waals surface area contributed by atoms with Crippen LogP contribution in [0.4, 0.5) is 5.00 Å². The number of amides is 1. The van der Waals surface area contributed by atoms with Gasteiger partial charge in [-0.05, 0) is 48.9 Å². The van der Waals surface area contributed by atoms with Crippen LogP contribution >= 0.6 is 23.1 Å². The van der Waals surface area contributed by atoms with E-state index in [1.807, 2.05) is 0 Å². The monoisotopic (exact) mass is 354 g/mol. The molecule has 7 heteroatoms. The molecule has 0 saturated heterocycles. The summed E-state index contributed by atoms with van der Waals surface area (Å²) in [6, 6.07) is 7.54. The number of aromatic nitrogens is 2. The van der Waals surface area contributed by atoms with E-state index in [0.29, 0.717) is 27.6 Å². The molecule has 1 aliphatic rings. The van der Waals surface area contributed by atoms with Crippen molar-refractivity contribution >= 4 is 45.0 Å². The van der Waals surface area contributed by atoms with Gasteiger partial charge in [0.15, 0.2) is 0 Å². The van der Waals surface area contributed by atoms with Crippen molar-refractivity contribution in [2.45, 2.75) is 26.2 Å². The lowest BCUT2D eigenvalue weighted by Crippen LogP contribution is -2.12. The number of thiophene rings is 1. The molecule has 24 heavy (non-hydrogen) atoms. The normalized spacial score (nSPS) is 16.6. The Morgan fingerprint density at radius 3 is 3.04 bits per heavy atom. The number of nitrogens with one attached hydrogen (secondary N) is 1. The first-order valence-corrected chi connectivity index (χ1v) is 9.28. The van der Waals surface area contributed by atoms with Gasteiger partial charge in [0, 0.05) is 10.4 Å². The van der Waals surface area contributed by atoms with Crippen LogP contribution in [0.25, 0.3) is 11.0 Å². The highest BCUT2D eigenvalue weighted by Gasteiger charge is 2.24. The summed E-state index contributed by atoms with van der Waals surface area (Å²) in [4.78, 5) is 13.8. The van der Waals surface area contributed by atoms with E-state index >= 15 is 0 Å². The molecule has 4 rings (SSSR count). The topological polar surface area (TPSA) is 78.7 Å². The zero-order valence-corrected chi connectivity index (χ0v) is 14.6.